The number of rotatable bonds is 63. The molecule has 0 aliphatic heterocycles. The van der Waals surface area contributed by atoms with E-state index in [-0.39, 0.29) is 18.5 Å². The van der Waals surface area contributed by atoms with Crippen molar-refractivity contribution in [2.24, 2.45) is 0 Å². The number of hydrogen-bond donors (Lipinski definition) is 3. The molecule has 0 bridgehead atoms. The summed E-state index contributed by atoms with van der Waals surface area (Å²) in [5.74, 6) is -0.0309. The van der Waals surface area contributed by atoms with Crippen LogP contribution in [0.5, 0.6) is 0 Å². The third-order valence-electron chi connectivity index (χ3n) is 15.7. The Morgan fingerprint density at radius 3 is 1.05 bits per heavy atom. The fourth-order valence-electron chi connectivity index (χ4n) is 10.5. The van der Waals surface area contributed by atoms with E-state index in [1.807, 2.05) is 0 Å². The normalized spacial score (nSPS) is 12.7. The number of allylic oxidation sites excluding steroid dienone is 6. The number of ether oxygens (including phenoxy) is 1. The van der Waals surface area contributed by atoms with Gasteiger partial charge in [-0.2, -0.15) is 0 Å². The van der Waals surface area contributed by atoms with Crippen molar-refractivity contribution in [2.75, 3.05) is 13.2 Å². The van der Waals surface area contributed by atoms with Gasteiger partial charge in [0.05, 0.1) is 25.4 Å². The number of nitrogens with one attached hydrogen (secondary N) is 1. The molecule has 1 amide bonds. The van der Waals surface area contributed by atoms with E-state index in [9.17, 15) is 19.8 Å². The van der Waals surface area contributed by atoms with Gasteiger partial charge in [0.15, 0.2) is 0 Å². The highest BCUT2D eigenvalue weighted by atomic mass is 16.5. The number of amides is 1. The number of carbonyl (C=O) groups excluding carboxylic acids is 2. The Bertz CT molecular complexity index is 1210. The van der Waals surface area contributed by atoms with Crippen molar-refractivity contribution in [1.82, 2.24) is 5.32 Å². The van der Waals surface area contributed by atoms with Gasteiger partial charge in [-0.1, -0.05) is 307 Å². The van der Waals surface area contributed by atoms with Gasteiger partial charge < -0.3 is 20.3 Å². The molecule has 0 aliphatic rings. The van der Waals surface area contributed by atoms with E-state index in [4.69, 9.17) is 4.74 Å². The number of aliphatic hydroxyl groups is 2. The fraction of sp³-hybridized carbons (Fsp3) is 0.884. The molecule has 2 unspecified atom stereocenters. The molecule has 3 N–H and O–H groups in total. The molecule has 6 nitrogen and oxygen atoms in total. The first-order chi connectivity index (χ1) is 37.0. The second kappa shape index (κ2) is 64.6. The van der Waals surface area contributed by atoms with Crippen LogP contribution < -0.4 is 5.32 Å². The number of aliphatic hydroxyl groups excluding tert-OH is 2. The molecule has 0 rings (SSSR count). The predicted octanol–water partition coefficient (Wildman–Crippen LogP) is 21.5. The van der Waals surface area contributed by atoms with Crippen LogP contribution >= 0.6 is 0 Å². The summed E-state index contributed by atoms with van der Waals surface area (Å²) >= 11 is 0. The number of esters is 1. The van der Waals surface area contributed by atoms with Crippen LogP contribution in [-0.4, -0.2) is 47.4 Å². The first-order valence-electron chi connectivity index (χ1n) is 33.7. The number of hydrogen-bond acceptors (Lipinski definition) is 5. The topological polar surface area (TPSA) is 95.9 Å². The standard InChI is InChI=1S/C69H131NO5/c1-3-5-7-9-11-13-15-17-33-37-41-45-49-53-57-61-67(72)66(65-71)70-68(73)62-58-54-50-46-42-38-35-31-29-27-25-23-21-19-20-22-24-26-28-30-32-36-40-44-48-52-56-60-64-75-69(74)63-59-55-51-47-43-39-34-18-16-14-12-10-8-6-4-2/h12,14,18-20,34,66-67,71-72H,3-11,13,15-17,21-33,35-65H2,1-2H3,(H,70,73)/b14-12-,20-19-,34-18-. The zero-order chi connectivity index (χ0) is 54.3. The molecule has 0 aromatic carbocycles. The van der Waals surface area contributed by atoms with E-state index < -0.39 is 12.1 Å². The van der Waals surface area contributed by atoms with Crippen LogP contribution in [0.25, 0.3) is 0 Å². The third kappa shape index (κ3) is 61.2. The van der Waals surface area contributed by atoms with Crippen LogP contribution in [-0.2, 0) is 14.3 Å². The lowest BCUT2D eigenvalue weighted by atomic mass is 10.0. The van der Waals surface area contributed by atoms with Crippen LogP contribution in [0.3, 0.4) is 0 Å². The van der Waals surface area contributed by atoms with Crippen molar-refractivity contribution in [3.8, 4) is 0 Å². The maximum Gasteiger partial charge on any atom is 0.305 e. The molecule has 0 aromatic rings. The van der Waals surface area contributed by atoms with E-state index in [1.165, 1.54) is 283 Å². The van der Waals surface area contributed by atoms with Crippen molar-refractivity contribution in [1.29, 1.82) is 0 Å². The first kappa shape index (κ1) is 73.1. The minimum Gasteiger partial charge on any atom is -0.466 e. The van der Waals surface area contributed by atoms with Gasteiger partial charge in [0.2, 0.25) is 5.91 Å². The quantitative estimate of drug-likeness (QED) is 0.0320. The molecule has 0 spiro atoms. The van der Waals surface area contributed by atoms with Gasteiger partial charge >= 0.3 is 5.97 Å². The van der Waals surface area contributed by atoms with Gasteiger partial charge in [-0.15, -0.1) is 0 Å². The highest BCUT2D eigenvalue weighted by Gasteiger charge is 2.20. The van der Waals surface area contributed by atoms with Crippen molar-refractivity contribution >= 4 is 11.9 Å². The lowest BCUT2D eigenvalue weighted by Gasteiger charge is -2.22. The van der Waals surface area contributed by atoms with Crippen LogP contribution in [0.4, 0.5) is 0 Å². The largest absolute Gasteiger partial charge is 0.466 e. The predicted molar refractivity (Wildman–Crippen MR) is 329 cm³/mol. The van der Waals surface area contributed by atoms with Gasteiger partial charge in [-0.25, -0.2) is 0 Å². The summed E-state index contributed by atoms with van der Waals surface area (Å²) in [6, 6.07) is -0.541. The Morgan fingerprint density at radius 2 is 0.667 bits per heavy atom. The summed E-state index contributed by atoms with van der Waals surface area (Å²) in [4.78, 5) is 24.6. The van der Waals surface area contributed by atoms with E-state index in [0.717, 1.165) is 51.4 Å². The highest BCUT2D eigenvalue weighted by molar-refractivity contribution is 5.76. The lowest BCUT2D eigenvalue weighted by molar-refractivity contribution is -0.143. The molecule has 0 saturated heterocycles. The Morgan fingerprint density at radius 1 is 0.373 bits per heavy atom. The number of unbranched alkanes of at least 4 members (excludes halogenated alkanes) is 46. The molecule has 0 fully saturated rings. The molecule has 442 valence electrons. The Labute approximate surface area is 468 Å². The summed E-state index contributed by atoms with van der Waals surface area (Å²) in [6.45, 7) is 4.94. The molecular formula is C69H131NO5. The fourth-order valence-corrected chi connectivity index (χ4v) is 10.5. The van der Waals surface area contributed by atoms with Gasteiger partial charge in [0, 0.05) is 12.8 Å². The minimum absolute atomic E-state index is 0.00202. The van der Waals surface area contributed by atoms with Crippen LogP contribution in [0, 0.1) is 0 Å². The Kier molecular flexibility index (Phi) is 63.0. The molecule has 75 heavy (non-hydrogen) atoms. The summed E-state index contributed by atoms with van der Waals surface area (Å²) < 4.78 is 5.48. The Balaban J connectivity index is 3.38. The lowest BCUT2D eigenvalue weighted by Crippen LogP contribution is -2.45. The SMILES string of the molecule is CCCCC/C=C\C/C=C\CCCCCCCC(=O)OCCCCCCCCCCCCCC/C=C\CCCCCCCCCCCCCCC(=O)NC(CO)C(O)CCCCCCCCCCCCCCCCC. The molecule has 0 aliphatic carbocycles. The van der Waals surface area contributed by atoms with E-state index in [1.54, 1.807) is 0 Å². The maximum atomic E-state index is 12.5. The van der Waals surface area contributed by atoms with Gasteiger partial charge in [0.25, 0.3) is 0 Å². The molecular weight excluding hydrogens is 923 g/mol. The summed E-state index contributed by atoms with van der Waals surface area (Å²) in [7, 11) is 0. The second-order valence-corrected chi connectivity index (χ2v) is 23.1. The average Bonchev–Trinajstić information content (AvgIpc) is 3.41. The molecule has 2 atom stereocenters. The summed E-state index contributed by atoms with van der Waals surface area (Å²) in [5, 5.41) is 23.3. The van der Waals surface area contributed by atoms with Crippen molar-refractivity contribution < 1.29 is 24.5 Å². The van der Waals surface area contributed by atoms with Crippen molar-refractivity contribution in [3.63, 3.8) is 0 Å². The van der Waals surface area contributed by atoms with Crippen LogP contribution in [0.2, 0.25) is 0 Å². The monoisotopic (exact) mass is 1050 g/mol. The molecule has 0 aromatic heterocycles. The summed E-state index contributed by atoms with van der Waals surface area (Å²) in [5.41, 5.74) is 0. The van der Waals surface area contributed by atoms with E-state index >= 15 is 0 Å². The zero-order valence-electron chi connectivity index (χ0n) is 50.5. The average molecular weight is 1050 g/mol. The van der Waals surface area contributed by atoms with Crippen LogP contribution in [0.1, 0.15) is 367 Å². The molecule has 0 radical (unpaired) electrons. The van der Waals surface area contributed by atoms with E-state index in [2.05, 4.69) is 55.6 Å². The second-order valence-electron chi connectivity index (χ2n) is 23.1. The smallest absolute Gasteiger partial charge is 0.305 e. The molecule has 0 saturated carbocycles. The van der Waals surface area contributed by atoms with Gasteiger partial charge in [-0.05, 0) is 83.5 Å². The van der Waals surface area contributed by atoms with Crippen molar-refractivity contribution in [2.45, 2.75) is 379 Å². The van der Waals surface area contributed by atoms with Crippen LogP contribution in [0.15, 0.2) is 36.5 Å². The first-order valence-corrected chi connectivity index (χ1v) is 33.7. The summed E-state index contributed by atoms with van der Waals surface area (Å²) in [6.07, 6.45) is 81.8. The van der Waals surface area contributed by atoms with E-state index in [0.29, 0.717) is 25.9 Å². The maximum absolute atomic E-state index is 12.5. The minimum atomic E-state index is -0.664. The zero-order valence-corrected chi connectivity index (χ0v) is 50.5. The van der Waals surface area contributed by atoms with Crippen molar-refractivity contribution in [3.05, 3.63) is 36.5 Å². The molecule has 0 heterocycles. The van der Waals surface area contributed by atoms with Gasteiger partial charge in [-0.3, -0.25) is 9.59 Å². The third-order valence-corrected chi connectivity index (χ3v) is 15.7. The Hall–Kier alpha value is -1.92. The number of carbonyl (C=O) groups is 2. The van der Waals surface area contributed by atoms with Gasteiger partial charge in [0.1, 0.15) is 0 Å². The highest BCUT2D eigenvalue weighted by Crippen LogP contribution is 2.18. The molecule has 6 heteroatoms.